The number of carbonyl (C=O) groups is 1. The first-order chi connectivity index (χ1) is 1.41. The maximum absolute atomic E-state index is 8.58. The van der Waals surface area contributed by atoms with E-state index >= 15 is 0 Å². The molecule has 1 amide bonds. The Balaban J connectivity index is 0. The molecule has 2 N–H and O–H groups in total. The molecule has 0 bridgehead atoms. The maximum atomic E-state index is 8.58. The van der Waals surface area contributed by atoms with Crippen molar-refractivity contribution in [2.24, 2.45) is 5.73 Å². The molecule has 20 valence electrons. The third kappa shape index (κ3) is 518. The van der Waals surface area contributed by atoms with Crippen LogP contribution >= 0.6 is 0 Å². The first-order valence-corrected chi connectivity index (χ1v) is 0.569. The van der Waals surface area contributed by atoms with Crippen molar-refractivity contribution in [1.82, 2.24) is 0 Å². The Hall–Kier alpha value is 0.0674. The number of hydrogen-bond acceptors (Lipinski definition) is 1. The fourth-order valence-corrected chi connectivity index (χ4v) is 0. The Morgan fingerprint density at radius 1 is 1.75 bits per heavy atom. The molecule has 0 aromatic carbocycles. The third-order valence-electron chi connectivity index (χ3n) is 0. The molecule has 0 rings (SSSR count). The summed E-state index contributed by atoms with van der Waals surface area (Å²) < 4.78 is 0. The molecule has 3 heteroatoms. The van der Waals surface area contributed by atoms with Crippen molar-refractivity contribution in [1.29, 1.82) is 0 Å². The first kappa shape index (κ1) is 8.95. The van der Waals surface area contributed by atoms with Gasteiger partial charge < -0.3 is 5.73 Å². The van der Waals surface area contributed by atoms with Gasteiger partial charge in [-0.15, -0.1) is 0 Å². The van der Waals surface area contributed by atoms with Gasteiger partial charge in [0.2, 0.25) is 6.41 Å². The van der Waals surface area contributed by atoms with Crippen molar-refractivity contribution in [3.8, 4) is 0 Å². The van der Waals surface area contributed by atoms with Crippen LogP contribution in [-0.2, 0) is 4.79 Å². The van der Waals surface area contributed by atoms with Gasteiger partial charge in [0.05, 0.1) is 0 Å². The third-order valence-corrected chi connectivity index (χ3v) is 0. The summed E-state index contributed by atoms with van der Waals surface area (Å²) in [6.07, 6.45) is 0.250. The molecule has 0 unspecified atom stereocenters. The van der Waals surface area contributed by atoms with E-state index in [9.17, 15) is 0 Å². The van der Waals surface area contributed by atoms with E-state index in [2.05, 4.69) is 5.73 Å². The van der Waals surface area contributed by atoms with E-state index in [1.54, 1.807) is 0 Å². The van der Waals surface area contributed by atoms with Crippen molar-refractivity contribution in [2.75, 3.05) is 0 Å². The Morgan fingerprint density at radius 3 is 1.75 bits per heavy atom. The molecule has 0 aromatic rings. The van der Waals surface area contributed by atoms with Crippen molar-refractivity contribution >= 4 is 25.3 Å². The molecule has 0 aromatic heterocycles. The van der Waals surface area contributed by atoms with Crippen molar-refractivity contribution in [2.45, 2.75) is 0 Å². The molecule has 0 heterocycles. The van der Waals surface area contributed by atoms with E-state index in [1.807, 2.05) is 0 Å². The van der Waals surface area contributed by atoms with Crippen molar-refractivity contribution in [3.63, 3.8) is 0 Å². The molecule has 0 aliphatic heterocycles. The number of carbonyl (C=O) groups excluding carboxylic acids is 1. The second-order valence-corrected chi connectivity index (χ2v) is 0.136. The van der Waals surface area contributed by atoms with Crippen molar-refractivity contribution in [3.05, 3.63) is 0 Å². The fourth-order valence-electron chi connectivity index (χ4n) is 0. The monoisotopic (exact) mass is 53.0 g/mol. The molecule has 0 fully saturated rings. The summed E-state index contributed by atoms with van der Waals surface area (Å²) in [5.74, 6) is 0. The van der Waals surface area contributed by atoms with Gasteiger partial charge >= 0.3 is 18.9 Å². The molecule has 0 saturated carbocycles. The Labute approximate surface area is 36.5 Å². The molecule has 0 atom stereocenters. The van der Waals surface area contributed by atoms with Gasteiger partial charge in [0, 0.05) is 0 Å². The zero-order chi connectivity index (χ0) is 2.71. The van der Waals surface area contributed by atoms with Gasteiger partial charge in [-0.25, -0.2) is 0 Å². The van der Waals surface area contributed by atoms with Crippen LogP contribution in [0.2, 0.25) is 0 Å². The zero-order valence-corrected chi connectivity index (χ0v) is 1.56. The molecule has 4 heavy (non-hydrogen) atoms. The normalized spacial score (nSPS) is 3.00. The first-order valence-electron chi connectivity index (χ1n) is 0.569. The van der Waals surface area contributed by atoms with Crippen molar-refractivity contribution < 1.29 is 4.79 Å². The fraction of sp³-hybridized carbons (Fsp3) is 0. The summed E-state index contributed by atoms with van der Waals surface area (Å²) in [5.41, 5.74) is 4.17. The molecular formula is CH4LiNO. The standard InChI is InChI=1S/CH3NO.Li.H/c2-1-3;;/h1H,(H2,2,3);;. The Bertz CT molecular complexity index is 15.5. The van der Waals surface area contributed by atoms with Crippen LogP contribution in [0.4, 0.5) is 0 Å². The van der Waals surface area contributed by atoms with Gasteiger partial charge in [0.25, 0.3) is 0 Å². The van der Waals surface area contributed by atoms with Crippen LogP contribution in [0.15, 0.2) is 0 Å². The topological polar surface area (TPSA) is 43.1 Å². The van der Waals surface area contributed by atoms with Crippen LogP contribution in [0.3, 0.4) is 0 Å². The van der Waals surface area contributed by atoms with Gasteiger partial charge in [-0.1, -0.05) is 0 Å². The minimum atomic E-state index is 0. The quantitative estimate of drug-likeness (QED) is 0.263. The second-order valence-electron chi connectivity index (χ2n) is 0.136. The van der Waals surface area contributed by atoms with E-state index in [0.717, 1.165) is 0 Å². The van der Waals surface area contributed by atoms with Crippen LogP contribution in [0, 0.1) is 0 Å². The van der Waals surface area contributed by atoms with Crippen LogP contribution in [0.25, 0.3) is 0 Å². The van der Waals surface area contributed by atoms with Crippen LogP contribution in [0.1, 0.15) is 0 Å². The van der Waals surface area contributed by atoms with Gasteiger partial charge in [0.1, 0.15) is 0 Å². The number of nitrogens with two attached hydrogens (primary N) is 1. The van der Waals surface area contributed by atoms with Crippen LogP contribution in [0.5, 0.6) is 0 Å². The number of primary amides is 1. The summed E-state index contributed by atoms with van der Waals surface area (Å²) in [6, 6.07) is 0. The minimum absolute atomic E-state index is 0. The molecule has 0 aliphatic rings. The average molecular weight is 53.0 g/mol. The summed E-state index contributed by atoms with van der Waals surface area (Å²) in [6.45, 7) is 0. The molecular weight excluding hydrogens is 49.0 g/mol. The molecule has 2 nitrogen and oxygen atoms in total. The summed E-state index contributed by atoms with van der Waals surface area (Å²) in [4.78, 5) is 8.58. The number of rotatable bonds is 0. The van der Waals surface area contributed by atoms with E-state index < -0.39 is 0 Å². The molecule has 0 radical (unpaired) electrons. The van der Waals surface area contributed by atoms with E-state index in [0.29, 0.717) is 0 Å². The molecule has 0 aliphatic carbocycles. The number of hydrogen-bond donors (Lipinski definition) is 1. The predicted molar refractivity (Wildman–Crippen MR) is 17.4 cm³/mol. The van der Waals surface area contributed by atoms with Gasteiger partial charge in [0.15, 0.2) is 0 Å². The average Bonchev–Trinajstić information content (AvgIpc) is 0.918. The molecule has 0 spiro atoms. The predicted octanol–water partition coefficient (Wildman–Crippen LogP) is -1.55. The molecule has 0 saturated heterocycles. The van der Waals surface area contributed by atoms with Gasteiger partial charge in [-0.2, -0.15) is 0 Å². The van der Waals surface area contributed by atoms with E-state index in [1.165, 1.54) is 0 Å². The zero-order valence-electron chi connectivity index (χ0n) is 1.56. The summed E-state index contributed by atoms with van der Waals surface area (Å²) in [5, 5.41) is 0. The van der Waals surface area contributed by atoms with Gasteiger partial charge in [-0.3, -0.25) is 4.79 Å². The summed E-state index contributed by atoms with van der Waals surface area (Å²) >= 11 is 0. The summed E-state index contributed by atoms with van der Waals surface area (Å²) in [7, 11) is 0. The number of amides is 1. The van der Waals surface area contributed by atoms with Crippen LogP contribution < -0.4 is 5.73 Å². The van der Waals surface area contributed by atoms with Gasteiger partial charge in [-0.05, 0) is 0 Å². The second kappa shape index (κ2) is 11.5. The SMILES string of the molecule is NC=O.[LiH]. The van der Waals surface area contributed by atoms with Crippen LogP contribution in [-0.4, -0.2) is 25.3 Å². The Morgan fingerprint density at radius 2 is 1.75 bits per heavy atom. The van der Waals surface area contributed by atoms with E-state index in [4.69, 9.17) is 4.79 Å². The Kier molecular flexibility index (Phi) is 25.8. The van der Waals surface area contributed by atoms with E-state index in [-0.39, 0.29) is 25.3 Å².